The summed E-state index contributed by atoms with van der Waals surface area (Å²) in [5.74, 6) is -1.68. The molecule has 1 N–H and O–H groups in total. The van der Waals surface area contributed by atoms with E-state index in [4.69, 9.17) is 4.74 Å². The van der Waals surface area contributed by atoms with Gasteiger partial charge in [-0.1, -0.05) is 18.2 Å². The summed E-state index contributed by atoms with van der Waals surface area (Å²) >= 11 is 0. The Kier molecular flexibility index (Phi) is 5.66. The van der Waals surface area contributed by atoms with Gasteiger partial charge in [0.05, 0.1) is 11.5 Å². The molecule has 154 valence electrons. The molecule has 1 heterocycles. The van der Waals surface area contributed by atoms with Crippen LogP contribution in [0.4, 0.5) is 9.18 Å². The highest BCUT2D eigenvalue weighted by Gasteiger charge is 2.49. The van der Waals surface area contributed by atoms with Crippen molar-refractivity contribution in [3.63, 3.8) is 0 Å². The molecular formula is C21H29FN2O4. The van der Waals surface area contributed by atoms with Crippen molar-refractivity contribution in [2.45, 2.75) is 57.2 Å². The number of benzene rings is 1. The summed E-state index contributed by atoms with van der Waals surface area (Å²) in [6.45, 7) is 6.79. The average molecular weight is 392 g/mol. The molecule has 1 saturated carbocycles. The van der Waals surface area contributed by atoms with Gasteiger partial charge in [-0.25, -0.2) is 9.18 Å². The standard InChI is InChI=1S/C21H29FN2O4/c1-20(2,3)28-19(26)24-13-11-23(12-14-24)18(25)17(21(27)9-6-10-21)15-7-4-5-8-16(15)22/h4-5,7-8,17,27H,6,9-14H2,1-3H3. The zero-order valence-corrected chi connectivity index (χ0v) is 16.8. The number of hydrogen-bond acceptors (Lipinski definition) is 4. The van der Waals surface area contributed by atoms with Gasteiger partial charge in [-0.15, -0.1) is 0 Å². The van der Waals surface area contributed by atoms with Gasteiger partial charge < -0.3 is 19.6 Å². The quantitative estimate of drug-likeness (QED) is 0.859. The Bertz CT molecular complexity index is 734. The van der Waals surface area contributed by atoms with Crippen LogP contribution in [0.3, 0.4) is 0 Å². The van der Waals surface area contributed by atoms with Gasteiger partial charge in [0, 0.05) is 31.7 Å². The molecule has 0 bridgehead atoms. The van der Waals surface area contributed by atoms with Crippen LogP contribution in [0.25, 0.3) is 0 Å². The summed E-state index contributed by atoms with van der Waals surface area (Å²) in [6.07, 6.45) is 1.38. The van der Waals surface area contributed by atoms with E-state index in [0.29, 0.717) is 39.0 Å². The highest BCUT2D eigenvalue weighted by atomic mass is 19.1. The van der Waals surface area contributed by atoms with Crippen LogP contribution in [0.15, 0.2) is 24.3 Å². The zero-order chi connectivity index (χ0) is 20.5. The number of amides is 2. The largest absolute Gasteiger partial charge is 0.444 e. The van der Waals surface area contributed by atoms with Crippen molar-refractivity contribution in [3.05, 3.63) is 35.6 Å². The summed E-state index contributed by atoms with van der Waals surface area (Å²) in [6, 6.07) is 6.15. The first kappa shape index (κ1) is 20.6. The molecule has 7 heteroatoms. The minimum absolute atomic E-state index is 0.240. The van der Waals surface area contributed by atoms with Crippen LogP contribution in [0, 0.1) is 5.82 Å². The zero-order valence-electron chi connectivity index (χ0n) is 16.8. The third-order valence-electron chi connectivity index (χ3n) is 5.46. The maximum Gasteiger partial charge on any atom is 0.410 e. The Morgan fingerprint density at radius 1 is 1.11 bits per heavy atom. The van der Waals surface area contributed by atoms with Crippen molar-refractivity contribution >= 4 is 12.0 Å². The first-order valence-corrected chi connectivity index (χ1v) is 9.84. The highest BCUT2D eigenvalue weighted by molar-refractivity contribution is 5.86. The normalized spacial score (nSPS) is 20.3. The van der Waals surface area contributed by atoms with Crippen molar-refractivity contribution in [1.29, 1.82) is 0 Å². The minimum Gasteiger partial charge on any atom is -0.444 e. The number of hydrogen-bond donors (Lipinski definition) is 1. The Hall–Kier alpha value is -2.15. The number of nitrogens with zero attached hydrogens (tertiary/aromatic N) is 2. The Balaban J connectivity index is 1.71. The monoisotopic (exact) mass is 392 g/mol. The van der Waals surface area contributed by atoms with Crippen molar-refractivity contribution in [2.24, 2.45) is 0 Å². The lowest BCUT2D eigenvalue weighted by atomic mass is 9.68. The van der Waals surface area contributed by atoms with Crippen molar-refractivity contribution in [1.82, 2.24) is 9.80 Å². The Morgan fingerprint density at radius 3 is 2.18 bits per heavy atom. The van der Waals surface area contributed by atoms with Gasteiger partial charge >= 0.3 is 6.09 Å². The fourth-order valence-corrected chi connectivity index (χ4v) is 3.81. The summed E-state index contributed by atoms with van der Waals surface area (Å²) < 4.78 is 19.8. The second-order valence-electron chi connectivity index (χ2n) is 8.70. The van der Waals surface area contributed by atoms with E-state index in [1.807, 2.05) is 20.8 Å². The van der Waals surface area contributed by atoms with Crippen LogP contribution in [0.1, 0.15) is 51.5 Å². The third-order valence-corrected chi connectivity index (χ3v) is 5.46. The second-order valence-corrected chi connectivity index (χ2v) is 8.70. The summed E-state index contributed by atoms with van der Waals surface area (Å²) in [4.78, 5) is 28.7. The summed E-state index contributed by atoms with van der Waals surface area (Å²) in [5, 5.41) is 10.9. The number of carbonyl (C=O) groups is 2. The molecule has 6 nitrogen and oxygen atoms in total. The van der Waals surface area contributed by atoms with Crippen molar-refractivity contribution < 1.29 is 23.8 Å². The molecule has 2 aliphatic rings. The van der Waals surface area contributed by atoms with Crippen LogP contribution in [-0.4, -0.2) is 64.3 Å². The van der Waals surface area contributed by atoms with E-state index in [0.717, 1.165) is 6.42 Å². The lowest BCUT2D eigenvalue weighted by Gasteiger charge is -2.45. The number of piperazine rings is 1. The predicted molar refractivity (Wildman–Crippen MR) is 102 cm³/mol. The van der Waals surface area contributed by atoms with Crippen molar-refractivity contribution in [3.8, 4) is 0 Å². The lowest BCUT2D eigenvalue weighted by Crippen LogP contribution is -2.56. The number of halogens is 1. The second kappa shape index (κ2) is 7.70. The van der Waals surface area contributed by atoms with Gasteiger partial charge in [0.1, 0.15) is 11.4 Å². The SMILES string of the molecule is CC(C)(C)OC(=O)N1CCN(C(=O)C(c2ccccc2F)C2(O)CCC2)CC1. The molecule has 1 aromatic carbocycles. The number of rotatable bonds is 3. The van der Waals surface area contributed by atoms with Crippen LogP contribution in [0.2, 0.25) is 0 Å². The summed E-state index contributed by atoms with van der Waals surface area (Å²) in [7, 11) is 0. The molecular weight excluding hydrogens is 363 g/mol. The summed E-state index contributed by atoms with van der Waals surface area (Å²) in [5.41, 5.74) is -1.54. The van der Waals surface area contributed by atoms with Gasteiger partial charge in [0.25, 0.3) is 0 Å². The molecule has 1 aromatic rings. The van der Waals surface area contributed by atoms with Crippen LogP contribution in [-0.2, 0) is 9.53 Å². The Morgan fingerprint density at radius 2 is 1.68 bits per heavy atom. The molecule has 1 unspecified atom stereocenters. The molecule has 1 aliphatic carbocycles. The van der Waals surface area contributed by atoms with Gasteiger partial charge in [-0.05, 0) is 46.1 Å². The molecule has 2 amide bonds. The van der Waals surface area contributed by atoms with Crippen LogP contribution >= 0.6 is 0 Å². The first-order chi connectivity index (χ1) is 13.1. The molecule has 1 aliphatic heterocycles. The molecule has 1 atom stereocenters. The number of ether oxygens (including phenoxy) is 1. The number of aliphatic hydroxyl groups is 1. The molecule has 3 rings (SSSR count). The van der Waals surface area contributed by atoms with E-state index in [1.165, 1.54) is 6.07 Å². The molecule has 0 radical (unpaired) electrons. The average Bonchev–Trinajstić information content (AvgIpc) is 2.60. The van der Waals surface area contributed by atoms with E-state index < -0.39 is 29.0 Å². The maximum absolute atomic E-state index is 14.4. The van der Waals surface area contributed by atoms with Crippen molar-refractivity contribution in [2.75, 3.05) is 26.2 Å². The fourth-order valence-electron chi connectivity index (χ4n) is 3.81. The van der Waals surface area contributed by atoms with E-state index >= 15 is 0 Å². The van der Waals surface area contributed by atoms with Gasteiger partial charge in [0.15, 0.2) is 0 Å². The minimum atomic E-state index is -1.21. The van der Waals surface area contributed by atoms with E-state index in [9.17, 15) is 19.1 Å². The topological polar surface area (TPSA) is 70.1 Å². The molecule has 0 aromatic heterocycles. The van der Waals surface area contributed by atoms with E-state index in [2.05, 4.69) is 0 Å². The Labute approximate surface area is 165 Å². The smallest absolute Gasteiger partial charge is 0.410 e. The highest BCUT2D eigenvalue weighted by Crippen LogP contribution is 2.45. The fraction of sp³-hybridized carbons (Fsp3) is 0.619. The molecule has 28 heavy (non-hydrogen) atoms. The van der Waals surface area contributed by atoms with Crippen LogP contribution in [0.5, 0.6) is 0 Å². The van der Waals surface area contributed by atoms with Gasteiger partial charge in [0.2, 0.25) is 5.91 Å². The first-order valence-electron chi connectivity index (χ1n) is 9.84. The third kappa shape index (κ3) is 4.29. The van der Waals surface area contributed by atoms with Gasteiger partial charge in [-0.3, -0.25) is 4.79 Å². The molecule has 2 fully saturated rings. The predicted octanol–water partition coefficient (Wildman–Crippen LogP) is 2.90. The maximum atomic E-state index is 14.4. The number of carbonyl (C=O) groups excluding carboxylic acids is 2. The van der Waals surface area contributed by atoms with Gasteiger partial charge in [-0.2, -0.15) is 0 Å². The van der Waals surface area contributed by atoms with E-state index in [1.54, 1.807) is 28.0 Å². The van der Waals surface area contributed by atoms with E-state index in [-0.39, 0.29) is 11.5 Å². The molecule has 1 saturated heterocycles. The molecule has 0 spiro atoms. The lowest BCUT2D eigenvalue weighted by molar-refractivity contribution is -0.147. The van der Waals surface area contributed by atoms with Crippen LogP contribution < -0.4 is 0 Å².